The summed E-state index contributed by atoms with van der Waals surface area (Å²) in [5, 5.41) is 1.60. The molecule has 0 aromatic heterocycles. The number of nitrogens with two attached hydrogens (primary N) is 1. The molecule has 100 valence electrons. The highest BCUT2D eigenvalue weighted by Crippen LogP contribution is 2.17. The van der Waals surface area contributed by atoms with Gasteiger partial charge in [0.15, 0.2) is 0 Å². The maximum Gasteiger partial charge on any atom is 0.471 e. The van der Waals surface area contributed by atoms with Gasteiger partial charge in [-0.15, -0.1) is 0 Å². The zero-order chi connectivity index (χ0) is 13.6. The predicted octanol–water partition coefficient (Wildman–Crippen LogP) is 0.191. The van der Waals surface area contributed by atoms with Crippen molar-refractivity contribution in [3.05, 3.63) is 0 Å². The Morgan fingerprint density at radius 3 is 2.29 bits per heavy atom. The smallest absolute Gasteiger partial charge is 0.467 e. The molecule has 0 bridgehead atoms. The van der Waals surface area contributed by atoms with Gasteiger partial charge in [-0.1, -0.05) is 6.92 Å². The van der Waals surface area contributed by atoms with Gasteiger partial charge in [-0.3, -0.25) is 4.79 Å². The van der Waals surface area contributed by atoms with E-state index in [1.165, 1.54) is 6.92 Å². The second kappa shape index (κ2) is 6.43. The van der Waals surface area contributed by atoms with Crippen molar-refractivity contribution in [3.8, 4) is 0 Å². The van der Waals surface area contributed by atoms with Gasteiger partial charge in [-0.25, -0.2) is 4.79 Å². The van der Waals surface area contributed by atoms with Crippen LogP contribution in [0.15, 0.2) is 0 Å². The Morgan fingerprint density at radius 2 is 1.94 bits per heavy atom. The molecule has 0 aliphatic rings. The standard InChI is InChI=1S/C9H15F3N2O3/c1-5(3-4-13)6(7(15)17-2)14-8(16)9(10,11)12/h5-6H,3-4,13H2,1-2H3,(H,14,16)/t5-,6-/m0/s1. The van der Waals surface area contributed by atoms with Gasteiger partial charge in [0.25, 0.3) is 0 Å². The minimum Gasteiger partial charge on any atom is -0.467 e. The Kier molecular flexibility index (Phi) is 5.94. The number of carbonyl (C=O) groups excluding carboxylic acids is 2. The van der Waals surface area contributed by atoms with Gasteiger partial charge < -0.3 is 15.8 Å². The number of hydrogen-bond donors (Lipinski definition) is 2. The average molecular weight is 256 g/mol. The summed E-state index contributed by atoms with van der Waals surface area (Å²) in [6, 6.07) is -1.35. The minimum absolute atomic E-state index is 0.191. The molecule has 3 N–H and O–H groups in total. The van der Waals surface area contributed by atoms with Gasteiger partial charge in [0.2, 0.25) is 0 Å². The van der Waals surface area contributed by atoms with E-state index in [2.05, 4.69) is 4.74 Å². The summed E-state index contributed by atoms with van der Waals surface area (Å²) in [5.41, 5.74) is 5.24. The summed E-state index contributed by atoms with van der Waals surface area (Å²) in [5.74, 6) is -3.64. The number of methoxy groups -OCH3 is 1. The lowest BCUT2D eigenvalue weighted by Gasteiger charge is -2.22. The van der Waals surface area contributed by atoms with Gasteiger partial charge in [0.05, 0.1) is 7.11 Å². The fraction of sp³-hybridized carbons (Fsp3) is 0.778. The number of ether oxygens (including phenoxy) is 1. The lowest BCUT2D eigenvalue weighted by atomic mass is 9.98. The summed E-state index contributed by atoms with van der Waals surface area (Å²) in [6.07, 6.45) is -4.74. The van der Waals surface area contributed by atoms with Crippen molar-refractivity contribution < 1.29 is 27.5 Å². The van der Waals surface area contributed by atoms with Crippen molar-refractivity contribution in [2.45, 2.75) is 25.6 Å². The molecule has 0 aliphatic heterocycles. The molecular formula is C9H15F3N2O3. The lowest BCUT2D eigenvalue weighted by Crippen LogP contribution is -2.50. The maximum atomic E-state index is 12.0. The number of amides is 1. The molecule has 0 aromatic carbocycles. The first-order chi connectivity index (χ1) is 7.73. The fourth-order valence-corrected chi connectivity index (χ4v) is 1.21. The van der Waals surface area contributed by atoms with E-state index in [1.807, 2.05) is 0 Å². The Labute approximate surface area is 96.5 Å². The number of alkyl halides is 3. The lowest BCUT2D eigenvalue weighted by molar-refractivity contribution is -0.176. The highest BCUT2D eigenvalue weighted by Gasteiger charge is 2.42. The molecule has 0 saturated heterocycles. The van der Waals surface area contributed by atoms with Gasteiger partial charge in [0, 0.05) is 0 Å². The van der Waals surface area contributed by atoms with Crippen molar-refractivity contribution in [3.63, 3.8) is 0 Å². The van der Waals surface area contributed by atoms with Gasteiger partial charge in [0.1, 0.15) is 6.04 Å². The molecule has 17 heavy (non-hydrogen) atoms. The Bertz CT molecular complexity index is 281. The van der Waals surface area contributed by atoms with E-state index >= 15 is 0 Å². The first-order valence-corrected chi connectivity index (χ1v) is 4.89. The second-order valence-corrected chi connectivity index (χ2v) is 3.53. The molecule has 0 aliphatic carbocycles. The molecule has 0 heterocycles. The number of halogens is 3. The molecule has 0 rings (SSSR count). The Morgan fingerprint density at radius 1 is 1.41 bits per heavy atom. The Hall–Kier alpha value is -1.31. The summed E-state index contributed by atoms with van der Waals surface area (Å²) in [7, 11) is 1.03. The number of nitrogens with one attached hydrogen (secondary N) is 1. The van der Waals surface area contributed by atoms with Crippen LogP contribution >= 0.6 is 0 Å². The molecule has 0 fully saturated rings. The molecule has 5 nitrogen and oxygen atoms in total. The van der Waals surface area contributed by atoms with E-state index in [1.54, 1.807) is 5.32 Å². The third-order valence-electron chi connectivity index (χ3n) is 2.19. The topological polar surface area (TPSA) is 81.4 Å². The highest BCUT2D eigenvalue weighted by molar-refractivity contribution is 5.87. The third-order valence-corrected chi connectivity index (χ3v) is 2.19. The summed E-state index contributed by atoms with van der Waals surface area (Å²) >= 11 is 0. The number of hydrogen-bond acceptors (Lipinski definition) is 4. The molecule has 0 spiro atoms. The van der Waals surface area contributed by atoms with E-state index in [-0.39, 0.29) is 13.0 Å². The van der Waals surface area contributed by atoms with Crippen LogP contribution in [0.25, 0.3) is 0 Å². The van der Waals surface area contributed by atoms with Crippen LogP contribution in [0, 0.1) is 5.92 Å². The number of esters is 1. The molecule has 1 amide bonds. The van der Waals surface area contributed by atoms with Crippen LogP contribution < -0.4 is 11.1 Å². The molecule has 0 radical (unpaired) electrons. The molecule has 8 heteroatoms. The largest absolute Gasteiger partial charge is 0.471 e. The van der Waals surface area contributed by atoms with Crippen molar-refractivity contribution in [2.75, 3.05) is 13.7 Å². The molecule has 0 saturated carbocycles. The van der Waals surface area contributed by atoms with E-state index in [0.29, 0.717) is 0 Å². The van der Waals surface area contributed by atoms with Crippen molar-refractivity contribution >= 4 is 11.9 Å². The predicted molar refractivity (Wildman–Crippen MR) is 52.8 cm³/mol. The Balaban J connectivity index is 4.72. The first kappa shape index (κ1) is 15.7. The van der Waals surface area contributed by atoms with E-state index in [9.17, 15) is 22.8 Å². The van der Waals surface area contributed by atoms with Gasteiger partial charge in [-0.2, -0.15) is 13.2 Å². The summed E-state index contributed by atoms with van der Waals surface area (Å²) in [4.78, 5) is 22.0. The number of rotatable bonds is 5. The van der Waals surface area contributed by atoms with Crippen molar-refractivity contribution in [2.24, 2.45) is 11.7 Å². The van der Waals surface area contributed by atoms with Crippen LogP contribution in [0.4, 0.5) is 13.2 Å². The molecule has 0 aromatic rings. The average Bonchev–Trinajstić information content (AvgIpc) is 2.23. The van der Waals surface area contributed by atoms with Gasteiger partial charge >= 0.3 is 18.1 Å². The van der Waals surface area contributed by atoms with Crippen LogP contribution in [0.5, 0.6) is 0 Å². The summed E-state index contributed by atoms with van der Waals surface area (Å²) < 4.78 is 40.4. The normalized spacial score (nSPS) is 14.9. The van der Waals surface area contributed by atoms with Crippen LogP contribution in [0.1, 0.15) is 13.3 Å². The SMILES string of the molecule is COC(=O)[C@@H](NC(=O)C(F)(F)F)[C@@H](C)CCN. The third kappa shape index (κ3) is 5.03. The van der Waals surface area contributed by atoms with Crippen molar-refractivity contribution in [1.82, 2.24) is 5.32 Å². The molecular weight excluding hydrogens is 241 g/mol. The minimum atomic E-state index is -5.03. The molecule has 2 atom stereocenters. The van der Waals surface area contributed by atoms with Crippen LogP contribution in [0.3, 0.4) is 0 Å². The van der Waals surface area contributed by atoms with Crippen LogP contribution in [0.2, 0.25) is 0 Å². The molecule has 0 unspecified atom stereocenters. The van der Waals surface area contributed by atoms with E-state index < -0.39 is 30.0 Å². The quantitative estimate of drug-likeness (QED) is 0.688. The summed E-state index contributed by atoms with van der Waals surface area (Å²) in [6.45, 7) is 1.70. The maximum absolute atomic E-state index is 12.0. The first-order valence-electron chi connectivity index (χ1n) is 4.89. The van der Waals surface area contributed by atoms with E-state index in [4.69, 9.17) is 5.73 Å². The van der Waals surface area contributed by atoms with E-state index in [0.717, 1.165) is 7.11 Å². The number of carbonyl (C=O) groups is 2. The highest BCUT2D eigenvalue weighted by atomic mass is 19.4. The van der Waals surface area contributed by atoms with Crippen LogP contribution in [-0.2, 0) is 14.3 Å². The second-order valence-electron chi connectivity index (χ2n) is 3.53. The van der Waals surface area contributed by atoms with Gasteiger partial charge in [-0.05, 0) is 18.9 Å². The monoisotopic (exact) mass is 256 g/mol. The zero-order valence-electron chi connectivity index (χ0n) is 9.50. The van der Waals surface area contributed by atoms with Crippen molar-refractivity contribution in [1.29, 1.82) is 0 Å². The fourth-order valence-electron chi connectivity index (χ4n) is 1.21. The van der Waals surface area contributed by atoms with Crippen LogP contribution in [-0.4, -0.2) is 37.7 Å². The zero-order valence-corrected chi connectivity index (χ0v) is 9.50.